The summed E-state index contributed by atoms with van der Waals surface area (Å²) in [7, 11) is 0. The van der Waals surface area contributed by atoms with Crippen LogP contribution in [0.2, 0.25) is 0 Å². The fourth-order valence-electron chi connectivity index (χ4n) is 2.74. The van der Waals surface area contributed by atoms with Gasteiger partial charge >= 0.3 is 5.69 Å². The Labute approximate surface area is 127 Å². The monoisotopic (exact) mass is 296 g/mol. The Morgan fingerprint density at radius 3 is 2.24 bits per heavy atom. The van der Waals surface area contributed by atoms with Gasteiger partial charge in [0.2, 0.25) is 0 Å². The Hall–Kier alpha value is -1.94. The molecule has 0 aliphatic carbocycles. The lowest BCUT2D eigenvalue weighted by Gasteiger charge is -2.03. The van der Waals surface area contributed by atoms with Crippen molar-refractivity contribution in [2.45, 2.75) is 18.3 Å². The zero-order valence-electron chi connectivity index (χ0n) is 11.6. The molecule has 1 saturated heterocycles. The summed E-state index contributed by atoms with van der Waals surface area (Å²) in [6, 6.07) is 18.2. The summed E-state index contributed by atoms with van der Waals surface area (Å²) in [6.45, 7) is 1.46. The van der Waals surface area contributed by atoms with E-state index < -0.39 is 0 Å². The summed E-state index contributed by atoms with van der Waals surface area (Å²) < 4.78 is 3.82. The largest absolute Gasteiger partial charge is 0.329 e. The Bertz CT molecular complexity index is 831. The molecule has 21 heavy (non-hydrogen) atoms. The molecule has 0 amide bonds. The molecule has 3 nitrogen and oxygen atoms in total. The summed E-state index contributed by atoms with van der Waals surface area (Å²) in [5, 5.41) is 0.610. The van der Waals surface area contributed by atoms with Gasteiger partial charge in [0.25, 0.3) is 0 Å². The molecule has 1 aliphatic heterocycles. The van der Waals surface area contributed by atoms with Crippen LogP contribution >= 0.6 is 11.8 Å². The number of fused-ring (bicyclic) bond motifs is 1. The number of imidazole rings is 1. The Kier molecular flexibility index (Phi) is 3.11. The minimum Gasteiger partial charge on any atom is -0.291 e. The van der Waals surface area contributed by atoms with Gasteiger partial charge in [0.05, 0.1) is 17.6 Å². The van der Waals surface area contributed by atoms with Crippen LogP contribution in [0.15, 0.2) is 59.4 Å². The van der Waals surface area contributed by atoms with Crippen molar-refractivity contribution in [3.8, 4) is 0 Å². The number of hydrogen-bond donors (Lipinski definition) is 0. The van der Waals surface area contributed by atoms with Gasteiger partial charge in [-0.1, -0.05) is 42.5 Å². The van der Waals surface area contributed by atoms with Crippen LogP contribution in [0.4, 0.5) is 0 Å². The molecule has 0 spiro atoms. The van der Waals surface area contributed by atoms with Gasteiger partial charge in [-0.3, -0.25) is 9.13 Å². The smallest absolute Gasteiger partial charge is 0.291 e. The van der Waals surface area contributed by atoms with E-state index in [1.165, 1.54) is 5.75 Å². The summed E-state index contributed by atoms with van der Waals surface area (Å²) in [5.74, 6) is 1.17. The topological polar surface area (TPSA) is 26.9 Å². The molecule has 0 saturated carbocycles. The second kappa shape index (κ2) is 5.11. The van der Waals surface area contributed by atoms with Gasteiger partial charge in [0, 0.05) is 17.5 Å². The van der Waals surface area contributed by atoms with E-state index in [1.54, 1.807) is 0 Å². The fraction of sp³-hybridized carbons (Fsp3) is 0.235. The molecular formula is C17H16N2OS. The molecule has 106 valence electrons. The predicted molar refractivity (Wildman–Crippen MR) is 88.0 cm³/mol. The standard InChI is InChI=1S/C17H16N2OS/c20-17-18(10-13-6-2-1-3-7-13)15-8-4-5-9-16(15)19(17)11-14-12-21-14/h1-9,14H,10-12H2. The first-order valence-electron chi connectivity index (χ1n) is 7.16. The van der Waals surface area contributed by atoms with Crippen molar-refractivity contribution in [3.05, 3.63) is 70.6 Å². The molecule has 0 N–H and O–H groups in total. The van der Waals surface area contributed by atoms with Crippen molar-refractivity contribution < 1.29 is 0 Å². The van der Waals surface area contributed by atoms with Crippen LogP contribution in [-0.2, 0) is 13.1 Å². The molecule has 1 fully saturated rings. The van der Waals surface area contributed by atoms with E-state index in [4.69, 9.17) is 0 Å². The Morgan fingerprint density at radius 2 is 1.57 bits per heavy atom. The molecule has 2 heterocycles. The van der Waals surface area contributed by atoms with Crippen LogP contribution in [-0.4, -0.2) is 20.1 Å². The van der Waals surface area contributed by atoms with Gasteiger partial charge < -0.3 is 0 Å². The van der Waals surface area contributed by atoms with E-state index in [9.17, 15) is 4.79 Å². The second-order valence-corrected chi connectivity index (χ2v) is 6.74. The third-order valence-corrected chi connectivity index (χ3v) is 4.85. The molecule has 1 unspecified atom stereocenters. The number of rotatable bonds is 4. The average Bonchev–Trinajstić information content (AvgIpc) is 3.31. The lowest BCUT2D eigenvalue weighted by Crippen LogP contribution is -2.26. The van der Waals surface area contributed by atoms with Crippen molar-refractivity contribution in [3.63, 3.8) is 0 Å². The average molecular weight is 296 g/mol. The highest BCUT2D eigenvalue weighted by atomic mass is 32.2. The normalized spacial score (nSPS) is 17.2. The van der Waals surface area contributed by atoms with Gasteiger partial charge in [-0.15, -0.1) is 0 Å². The number of aromatic nitrogens is 2. The first-order chi connectivity index (χ1) is 10.3. The lowest BCUT2D eigenvalue weighted by molar-refractivity contribution is 0.665. The van der Waals surface area contributed by atoms with E-state index in [0.29, 0.717) is 11.8 Å². The number of hydrogen-bond acceptors (Lipinski definition) is 2. The van der Waals surface area contributed by atoms with Crippen molar-refractivity contribution in [1.82, 2.24) is 9.13 Å². The fourth-order valence-corrected chi connectivity index (χ4v) is 3.24. The van der Waals surface area contributed by atoms with Crippen molar-refractivity contribution in [2.24, 2.45) is 0 Å². The number of thioether (sulfide) groups is 1. The first kappa shape index (κ1) is 12.8. The SMILES string of the molecule is O=c1n(Cc2ccccc2)c2ccccc2n1CC1CS1. The summed E-state index contributed by atoms with van der Waals surface area (Å²) in [6.07, 6.45) is 0. The van der Waals surface area contributed by atoms with E-state index in [2.05, 4.69) is 12.1 Å². The molecule has 3 aromatic rings. The molecule has 1 atom stereocenters. The van der Waals surface area contributed by atoms with E-state index in [0.717, 1.165) is 23.1 Å². The highest BCUT2D eigenvalue weighted by Gasteiger charge is 2.25. The summed E-state index contributed by atoms with van der Waals surface area (Å²) in [5.41, 5.74) is 3.33. The van der Waals surface area contributed by atoms with Crippen LogP contribution in [0, 0.1) is 0 Å². The van der Waals surface area contributed by atoms with Crippen molar-refractivity contribution in [2.75, 3.05) is 5.75 Å². The van der Waals surface area contributed by atoms with Gasteiger partial charge in [-0.05, 0) is 17.7 Å². The van der Waals surface area contributed by atoms with Gasteiger partial charge in [-0.2, -0.15) is 11.8 Å². The molecule has 4 rings (SSSR count). The van der Waals surface area contributed by atoms with Crippen LogP contribution in [0.25, 0.3) is 11.0 Å². The van der Waals surface area contributed by atoms with Crippen molar-refractivity contribution >= 4 is 22.8 Å². The molecule has 2 aromatic carbocycles. The van der Waals surface area contributed by atoms with Gasteiger partial charge in [-0.25, -0.2) is 4.79 Å². The van der Waals surface area contributed by atoms with E-state index in [1.807, 2.05) is 63.4 Å². The van der Waals surface area contributed by atoms with Crippen LogP contribution in [0.5, 0.6) is 0 Å². The third kappa shape index (κ3) is 2.40. The van der Waals surface area contributed by atoms with Crippen LogP contribution in [0.1, 0.15) is 5.56 Å². The number of para-hydroxylation sites is 2. The highest BCUT2D eigenvalue weighted by molar-refractivity contribution is 8.06. The van der Waals surface area contributed by atoms with Crippen LogP contribution < -0.4 is 5.69 Å². The number of benzene rings is 2. The maximum atomic E-state index is 12.8. The first-order valence-corrected chi connectivity index (χ1v) is 8.21. The van der Waals surface area contributed by atoms with E-state index >= 15 is 0 Å². The predicted octanol–water partition coefficient (Wildman–Crippen LogP) is 2.97. The molecule has 1 aromatic heterocycles. The molecule has 0 radical (unpaired) electrons. The second-order valence-electron chi connectivity index (χ2n) is 5.41. The number of nitrogens with zero attached hydrogens (tertiary/aromatic N) is 2. The quantitative estimate of drug-likeness (QED) is 0.692. The Balaban J connectivity index is 1.84. The highest BCUT2D eigenvalue weighted by Crippen LogP contribution is 2.32. The third-order valence-electron chi connectivity index (χ3n) is 3.90. The maximum absolute atomic E-state index is 12.8. The zero-order chi connectivity index (χ0) is 14.2. The molecule has 4 heteroatoms. The van der Waals surface area contributed by atoms with Gasteiger partial charge in [0.1, 0.15) is 0 Å². The molecular weight excluding hydrogens is 280 g/mol. The van der Waals surface area contributed by atoms with E-state index in [-0.39, 0.29) is 5.69 Å². The van der Waals surface area contributed by atoms with Crippen LogP contribution in [0.3, 0.4) is 0 Å². The minimum absolute atomic E-state index is 0.104. The Morgan fingerprint density at radius 1 is 0.952 bits per heavy atom. The summed E-state index contributed by atoms with van der Waals surface area (Å²) in [4.78, 5) is 12.8. The zero-order valence-corrected chi connectivity index (χ0v) is 12.4. The molecule has 1 aliphatic rings. The van der Waals surface area contributed by atoms with Gasteiger partial charge in [0.15, 0.2) is 0 Å². The summed E-state index contributed by atoms with van der Waals surface area (Å²) >= 11 is 1.92. The van der Waals surface area contributed by atoms with Crippen molar-refractivity contribution in [1.29, 1.82) is 0 Å². The minimum atomic E-state index is 0.104. The maximum Gasteiger partial charge on any atom is 0.329 e. The molecule has 0 bridgehead atoms. The lowest BCUT2D eigenvalue weighted by atomic mass is 10.2.